The van der Waals surface area contributed by atoms with Gasteiger partial charge in [0, 0.05) is 37.6 Å². The van der Waals surface area contributed by atoms with Crippen LogP contribution in [0.1, 0.15) is 29.2 Å². The summed E-state index contributed by atoms with van der Waals surface area (Å²) in [5.74, 6) is 1.36. The summed E-state index contributed by atoms with van der Waals surface area (Å²) in [4.78, 5) is 27.9. The number of rotatable bonds is 5. The van der Waals surface area contributed by atoms with Crippen molar-refractivity contribution in [2.24, 2.45) is 5.92 Å². The number of nitrogens with zero attached hydrogens (tertiary/aromatic N) is 4. The molecule has 1 aliphatic rings. The van der Waals surface area contributed by atoms with Crippen LogP contribution in [0.2, 0.25) is 0 Å². The van der Waals surface area contributed by atoms with Crippen LogP contribution in [0.3, 0.4) is 0 Å². The highest BCUT2D eigenvalue weighted by molar-refractivity contribution is 6.06. The van der Waals surface area contributed by atoms with Crippen LogP contribution in [-0.2, 0) is 0 Å². The minimum atomic E-state index is -0.311. The number of fused-ring (bicyclic) bond motifs is 1. The third-order valence-corrected chi connectivity index (χ3v) is 5.06. The molecule has 0 atom stereocenters. The van der Waals surface area contributed by atoms with E-state index in [0.717, 1.165) is 38.0 Å². The number of amides is 1. The number of oxazole rings is 1. The van der Waals surface area contributed by atoms with Crippen LogP contribution >= 0.6 is 0 Å². The predicted octanol–water partition coefficient (Wildman–Crippen LogP) is 2.93. The van der Waals surface area contributed by atoms with Crippen LogP contribution in [0.25, 0.3) is 11.1 Å². The van der Waals surface area contributed by atoms with Crippen molar-refractivity contribution in [1.29, 1.82) is 0 Å². The largest absolute Gasteiger partial charge is 0.441 e. The molecule has 1 amide bonds. The third-order valence-electron chi connectivity index (χ3n) is 5.06. The topological polar surface area (TPSA) is 96.2 Å². The molecule has 1 aliphatic heterocycles. The van der Waals surface area contributed by atoms with Crippen LogP contribution in [0.5, 0.6) is 0 Å². The van der Waals surface area contributed by atoms with E-state index in [9.17, 15) is 4.79 Å². The first-order valence-electron chi connectivity index (χ1n) is 9.50. The standard InChI is InChI=1S/C20H24N6O2/c1-13-24-16-4-3-15(11-17(16)28-13)25-20(27)18-19(22-8-7-21-18)23-12-14-5-9-26(2)10-6-14/h3-4,7-8,11,14H,5-6,9-10,12H2,1-2H3,(H,22,23)(H,25,27). The van der Waals surface area contributed by atoms with Crippen LogP contribution in [-0.4, -0.2) is 52.4 Å². The average Bonchev–Trinajstić information content (AvgIpc) is 3.07. The van der Waals surface area contributed by atoms with Gasteiger partial charge < -0.3 is 20.0 Å². The van der Waals surface area contributed by atoms with Crippen molar-refractivity contribution in [2.45, 2.75) is 19.8 Å². The van der Waals surface area contributed by atoms with Crippen LogP contribution in [0.4, 0.5) is 11.5 Å². The Morgan fingerprint density at radius 2 is 2.04 bits per heavy atom. The molecule has 1 fully saturated rings. The van der Waals surface area contributed by atoms with Crippen molar-refractivity contribution < 1.29 is 9.21 Å². The fourth-order valence-electron chi connectivity index (χ4n) is 3.45. The van der Waals surface area contributed by atoms with E-state index < -0.39 is 0 Å². The van der Waals surface area contributed by atoms with E-state index in [1.807, 2.05) is 6.07 Å². The molecule has 4 rings (SSSR count). The Morgan fingerprint density at radius 3 is 2.86 bits per heavy atom. The SMILES string of the molecule is Cc1nc2ccc(NC(=O)c3nccnc3NCC3CCN(C)CC3)cc2o1. The lowest BCUT2D eigenvalue weighted by molar-refractivity contribution is 0.102. The summed E-state index contributed by atoms with van der Waals surface area (Å²) < 4.78 is 5.53. The summed E-state index contributed by atoms with van der Waals surface area (Å²) >= 11 is 0. The van der Waals surface area contributed by atoms with Gasteiger partial charge in [0.25, 0.3) is 5.91 Å². The molecule has 2 aromatic heterocycles. The van der Waals surface area contributed by atoms with Gasteiger partial charge in [0.15, 0.2) is 23.0 Å². The maximum Gasteiger partial charge on any atom is 0.278 e. The second-order valence-corrected chi connectivity index (χ2v) is 7.25. The number of likely N-dealkylation sites (tertiary alicyclic amines) is 1. The molecule has 0 unspecified atom stereocenters. The van der Waals surface area contributed by atoms with Gasteiger partial charge in [-0.25, -0.2) is 15.0 Å². The zero-order chi connectivity index (χ0) is 19.5. The molecule has 3 aromatic rings. The summed E-state index contributed by atoms with van der Waals surface area (Å²) in [6, 6.07) is 5.37. The van der Waals surface area contributed by atoms with Gasteiger partial charge in [-0.3, -0.25) is 4.79 Å². The quantitative estimate of drug-likeness (QED) is 0.702. The van der Waals surface area contributed by atoms with Gasteiger partial charge in [-0.2, -0.15) is 0 Å². The zero-order valence-electron chi connectivity index (χ0n) is 16.1. The van der Waals surface area contributed by atoms with E-state index in [2.05, 4.69) is 37.5 Å². The number of carbonyl (C=O) groups is 1. The van der Waals surface area contributed by atoms with Crippen LogP contribution < -0.4 is 10.6 Å². The minimum absolute atomic E-state index is 0.282. The lowest BCUT2D eigenvalue weighted by atomic mass is 9.97. The van der Waals surface area contributed by atoms with Gasteiger partial charge >= 0.3 is 0 Å². The highest BCUT2D eigenvalue weighted by atomic mass is 16.3. The van der Waals surface area contributed by atoms with Gasteiger partial charge in [-0.1, -0.05) is 0 Å². The normalized spacial score (nSPS) is 15.6. The smallest absolute Gasteiger partial charge is 0.278 e. The van der Waals surface area contributed by atoms with Crippen molar-refractivity contribution >= 4 is 28.5 Å². The Hall–Kier alpha value is -3.00. The number of piperidine rings is 1. The third kappa shape index (κ3) is 4.12. The Kier molecular flexibility index (Phi) is 5.21. The second-order valence-electron chi connectivity index (χ2n) is 7.25. The molecule has 1 saturated heterocycles. The van der Waals surface area contributed by atoms with E-state index in [1.165, 1.54) is 6.20 Å². The molecule has 0 aliphatic carbocycles. The first kappa shape index (κ1) is 18.4. The fourth-order valence-corrected chi connectivity index (χ4v) is 3.45. The second kappa shape index (κ2) is 7.93. The molecular formula is C20H24N6O2. The van der Waals surface area contributed by atoms with Crippen LogP contribution in [0.15, 0.2) is 35.0 Å². The number of anilines is 2. The Bertz CT molecular complexity index is 978. The molecule has 0 spiro atoms. The Labute approximate surface area is 163 Å². The lowest BCUT2D eigenvalue weighted by Crippen LogP contribution is -2.33. The molecule has 28 heavy (non-hydrogen) atoms. The summed E-state index contributed by atoms with van der Waals surface area (Å²) in [6.07, 6.45) is 5.40. The molecule has 0 radical (unpaired) electrons. The molecular weight excluding hydrogens is 356 g/mol. The highest BCUT2D eigenvalue weighted by Gasteiger charge is 2.19. The molecule has 146 valence electrons. The molecule has 0 bridgehead atoms. The molecule has 1 aromatic carbocycles. The van der Waals surface area contributed by atoms with Gasteiger partial charge in [-0.15, -0.1) is 0 Å². The number of benzene rings is 1. The Balaban J connectivity index is 1.44. The first-order chi connectivity index (χ1) is 13.6. The molecule has 2 N–H and O–H groups in total. The van der Waals surface area contributed by atoms with Gasteiger partial charge in [0.2, 0.25) is 0 Å². The van der Waals surface area contributed by atoms with Crippen molar-refractivity contribution in [3.63, 3.8) is 0 Å². The zero-order valence-corrected chi connectivity index (χ0v) is 16.1. The van der Waals surface area contributed by atoms with E-state index >= 15 is 0 Å². The van der Waals surface area contributed by atoms with E-state index in [-0.39, 0.29) is 11.6 Å². The summed E-state index contributed by atoms with van der Waals surface area (Å²) in [6.45, 7) is 4.78. The average molecular weight is 380 g/mol. The molecule has 0 saturated carbocycles. The van der Waals surface area contributed by atoms with Gasteiger partial charge in [-0.05, 0) is 51.0 Å². The van der Waals surface area contributed by atoms with E-state index in [0.29, 0.717) is 28.9 Å². The van der Waals surface area contributed by atoms with Crippen molar-refractivity contribution in [2.75, 3.05) is 37.3 Å². The molecule has 3 heterocycles. The Morgan fingerprint density at radius 1 is 1.25 bits per heavy atom. The van der Waals surface area contributed by atoms with E-state index in [4.69, 9.17) is 4.42 Å². The highest BCUT2D eigenvalue weighted by Crippen LogP contribution is 2.21. The van der Waals surface area contributed by atoms with Crippen molar-refractivity contribution in [3.8, 4) is 0 Å². The van der Waals surface area contributed by atoms with E-state index in [1.54, 1.807) is 25.3 Å². The van der Waals surface area contributed by atoms with Crippen LogP contribution in [0, 0.1) is 12.8 Å². The number of aryl methyl sites for hydroxylation is 1. The van der Waals surface area contributed by atoms with Gasteiger partial charge in [0.1, 0.15) is 5.52 Å². The summed E-state index contributed by atoms with van der Waals surface area (Å²) in [7, 11) is 2.15. The number of hydrogen-bond donors (Lipinski definition) is 2. The van der Waals surface area contributed by atoms with Crippen molar-refractivity contribution in [3.05, 3.63) is 42.2 Å². The first-order valence-corrected chi connectivity index (χ1v) is 9.50. The molecule has 8 nitrogen and oxygen atoms in total. The number of nitrogens with one attached hydrogen (secondary N) is 2. The number of carbonyl (C=O) groups excluding carboxylic acids is 1. The fraction of sp³-hybridized carbons (Fsp3) is 0.400. The summed E-state index contributed by atoms with van der Waals surface area (Å²) in [5.41, 5.74) is 2.30. The number of aromatic nitrogens is 3. The maximum atomic E-state index is 12.8. The maximum absolute atomic E-state index is 12.8. The monoisotopic (exact) mass is 380 g/mol. The molecule has 8 heteroatoms. The minimum Gasteiger partial charge on any atom is -0.441 e. The predicted molar refractivity (Wildman–Crippen MR) is 107 cm³/mol. The lowest BCUT2D eigenvalue weighted by Gasteiger charge is -2.29. The van der Waals surface area contributed by atoms with Gasteiger partial charge in [0.05, 0.1) is 0 Å². The van der Waals surface area contributed by atoms with Crippen molar-refractivity contribution in [1.82, 2.24) is 19.9 Å². The number of hydrogen-bond acceptors (Lipinski definition) is 7. The summed E-state index contributed by atoms with van der Waals surface area (Å²) in [5, 5.41) is 6.18.